The van der Waals surface area contributed by atoms with Gasteiger partial charge in [0.25, 0.3) is 0 Å². The minimum atomic E-state index is -3.44. The Labute approximate surface area is 203 Å². The van der Waals surface area contributed by atoms with Crippen molar-refractivity contribution in [2.45, 2.75) is 70.8 Å². The van der Waals surface area contributed by atoms with Crippen molar-refractivity contribution >= 4 is 21.7 Å². The zero-order valence-electron chi connectivity index (χ0n) is 20.8. The second-order valence-electron chi connectivity index (χ2n) is 9.51. The van der Waals surface area contributed by atoms with Gasteiger partial charge in [-0.25, -0.2) is 13.2 Å². The van der Waals surface area contributed by atoms with E-state index in [0.717, 1.165) is 42.5 Å². The number of benzene rings is 1. The zero-order valence-corrected chi connectivity index (χ0v) is 21.6. The van der Waals surface area contributed by atoms with Gasteiger partial charge in [-0.05, 0) is 64.3 Å². The van der Waals surface area contributed by atoms with Crippen molar-refractivity contribution < 1.29 is 27.8 Å². The summed E-state index contributed by atoms with van der Waals surface area (Å²) in [6.45, 7) is 8.60. The molecule has 2 unspecified atom stereocenters. The molecule has 0 aliphatic heterocycles. The van der Waals surface area contributed by atoms with Crippen LogP contribution in [-0.4, -0.2) is 56.3 Å². The van der Waals surface area contributed by atoms with Gasteiger partial charge >= 0.3 is 5.97 Å². The molecule has 1 aliphatic carbocycles. The Bertz CT molecular complexity index is 980. The first-order valence-electron chi connectivity index (χ1n) is 11.6. The maximum Gasteiger partial charge on any atom is 0.333 e. The molecule has 34 heavy (non-hydrogen) atoms. The molecule has 3 N–H and O–H groups in total. The third-order valence-electron chi connectivity index (χ3n) is 5.07. The van der Waals surface area contributed by atoms with E-state index in [9.17, 15) is 18.3 Å². The molecule has 0 saturated carbocycles. The Balaban J connectivity index is 1.83. The Morgan fingerprint density at radius 3 is 2.41 bits per heavy atom. The molecular weight excluding hydrogens is 456 g/mol. The molecule has 2 atom stereocenters. The molecule has 0 spiro atoms. The van der Waals surface area contributed by atoms with E-state index in [4.69, 9.17) is 9.47 Å². The highest BCUT2D eigenvalue weighted by Gasteiger charge is 2.36. The van der Waals surface area contributed by atoms with Crippen LogP contribution in [0.3, 0.4) is 0 Å². The van der Waals surface area contributed by atoms with Gasteiger partial charge in [0, 0.05) is 31.7 Å². The van der Waals surface area contributed by atoms with Crippen LogP contribution in [0, 0.1) is 0 Å². The molecule has 0 aromatic heterocycles. The highest BCUT2D eigenvalue weighted by Crippen LogP contribution is 2.29. The first kappa shape index (κ1) is 28.0. The maximum absolute atomic E-state index is 11.9. The fourth-order valence-corrected chi connectivity index (χ4v) is 4.62. The van der Waals surface area contributed by atoms with E-state index >= 15 is 0 Å². The van der Waals surface area contributed by atoms with Crippen LogP contribution in [0.25, 0.3) is 0 Å². The van der Waals surface area contributed by atoms with Gasteiger partial charge in [0.1, 0.15) is 0 Å². The number of sulfonamides is 1. The van der Waals surface area contributed by atoms with Crippen LogP contribution < -0.4 is 10.0 Å². The lowest BCUT2D eigenvalue weighted by molar-refractivity contribution is -0.149. The Morgan fingerprint density at radius 1 is 1.24 bits per heavy atom. The van der Waals surface area contributed by atoms with Crippen molar-refractivity contribution in [2.75, 3.05) is 24.7 Å². The first-order valence-corrected chi connectivity index (χ1v) is 13.4. The number of hydrogen-bond acceptors (Lipinski definition) is 6. The molecule has 9 heteroatoms. The summed E-state index contributed by atoms with van der Waals surface area (Å²) in [5, 5.41) is 12.6. The lowest BCUT2D eigenvalue weighted by atomic mass is 9.96. The number of rotatable bonds is 13. The standard InChI is InChI=1S/C25H38N2O6S/c1-6-32-22(23(28)29)18-20-9-11-21(12-10-20)26-17-7-8-19-13-15-25(16-14-19,27-34(5,30)31)33-24(2,3)4/h9-15,22,26-27H,6-8,16-18H2,1-5H3,(H,28,29). The predicted molar refractivity (Wildman–Crippen MR) is 134 cm³/mol. The van der Waals surface area contributed by atoms with Crippen LogP contribution in [0.15, 0.2) is 48.1 Å². The smallest absolute Gasteiger partial charge is 0.333 e. The topological polar surface area (TPSA) is 114 Å². The van der Waals surface area contributed by atoms with Gasteiger partial charge in [0.05, 0.1) is 11.9 Å². The van der Waals surface area contributed by atoms with E-state index < -0.39 is 33.4 Å². The summed E-state index contributed by atoms with van der Waals surface area (Å²) in [5.41, 5.74) is 1.43. The molecule has 1 aromatic carbocycles. The van der Waals surface area contributed by atoms with E-state index in [1.807, 2.05) is 57.2 Å². The summed E-state index contributed by atoms with van der Waals surface area (Å²) < 4.78 is 37.7. The van der Waals surface area contributed by atoms with E-state index in [-0.39, 0.29) is 0 Å². The zero-order chi connectivity index (χ0) is 25.4. The van der Waals surface area contributed by atoms with E-state index in [0.29, 0.717) is 19.4 Å². The summed E-state index contributed by atoms with van der Waals surface area (Å²) in [6, 6.07) is 7.70. The summed E-state index contributed by atoms with van der Waals surface area (Å²) in [6.07, 6.45) is 8.56. The first-order chi connectivity index (χ1) is 15.8. The number of aliphatic carboxylic acids is 1. The van der Waals surface area contributed by atoms with Crippen molar-refractivity contribution in [3.63, 3.8) is 0 Å². The lowest BCUT2D eigenvalue weighted by Gasteiger charge is -2.38. The van der Waals surface area contributed by atoms with Crippen LogP contribution in [-0.2, 0) is 30.7 Å². The van der Waals surface area contributed by atoms with E-state index in [2.05, 4.69) is 10.0 Å². The molecule has 2 rings (SSSR count). The normalized spacial score (nSPS) is 19.5. The maximum atomic E-state index is 11.9. The van der Waals surface area contributed by atoms with Crippen LogP contribution >= 0.6 is 0 Å². The second-order valence-corrected chi connectivity index (χ2v) is 11.3. The molecule has 0 saturated heterocycles. The Kier molecular flexibility index (Phi) is 9.87. The van der Waals surface area contributed by atoms with Crippen molar-refractivity contribution in [2.24, 2.45) is 0 Å². The van der Waals surface area contributed by atoms with Crippen LogP contribution in [0.2, 0.25) is 0 Å². The molecule has 190 valence electrons. The quantitative estimate of drug-likeness (QED) is 0.282. The van der Waals surface area contributed by atoms with Gasteiger partial charge in [-0.15, -0.1) is 0 Å². The second kappa shape index (κ2) is 12.0. The molecule has 0 amide bonds. The summed E-state index contributed by atoms with van der Waals surface area (Å²) in [7, 11) is -3.44. The van der Waals surface area contributed by atoms with Crippen LogP contribution in [0.5, 0.6) is 0 Å². The molecule has 1 aromatic rings. The van der Waals surface area contributed by atoms with Crippen molar-refractivity contribution in [3.05, 3.63) is 53.6 Å². The summed E-state index contributed by atoms with van der Waals surface area (Å²) in [4.78, 5) is 11.2. The third-order valence-corrected chi connectivity index (χ3v) is 5.79. The van der Waals surface area contributed by atoms with Gasteiger partial charge in [0.15, 0.2) is 11.8 Å². The van der Waals surface area contributed by atoms with Gasteiger partial charge in [-0.2, -0.15) is 4.72 Å². The molecular formula is C25H38N2O6S. The van der Waals surface area contributed by atoms with Crippen molar-refractivity contribution in [1.29, 1.82) is 0 Å². The summed E-state index contributed by atoms with van der Waals surface area (Å²) in [5.74, 6) is -0.954. The number of carboxylic acid groups (broad SMARTS) is 1. The number of hydrogen-bond donors (Lipinski definition) is 3. The number of anilines is 1. The minimum absolute atomic E-state index is 0.332. The average Bonchev–Trinajstić information content (AvgIpc) is 2.70. The molecule has 1 aliphatic rings. The van der Waals surface area contributed by atoms with Gasteiger partial charge in [0.2, 0.25) is 10.0 Å². The van der Waals surface area contributed by atoms with Gasteiger partial charge < -0.3 is 19.9 Å². The number of ether oxygens (including phenoxy) is 2. The number of carboxylic acids is 1. The fourth-order valence-electron chi connectivity index (χ4n) is 3.79. The van der Waals surface area contributed by atoms with Crippen molar-refractivity contribution in [3.8, 4) is 0 Å². The average molecular weight is 495 g/mol. The molecule has 0 heterocycles. The van der Waals surface area contributed by atoms with E-state index in [1.165, 1.54) is 0 Å². The fraction of sp³-hybridized carbons (Fsp3) is 0.560. The van der Waals surface area contributed by atoms with E-state index in [1.54, 1.807) is 13.0 Å². The highest BCUT2D eigenvalue weighted by molar-refractivity contribution is 7.88. The van der Waals surface area contributed by atoms with Crippen LogP contribution in [0.4, 0.5) is 5.69 Å². The molecule has 0 radical (unpaired) electrons. The number of carbonyl (C=O) groups is 1. The third kappa shape index (κ3) is 9.97. The summed E-state index contributed by atoms with van der Waals surface area (Å²) >= 11 is 0. The largest absolute Gasteiger partial charge is 0.479 e. The Hall–Kier alpha value is -2.20. The van der Waals surface area contributed by atoms with Gasteiger partial charge in [-0.1, -0.05) is 29.9 Å². The van der Waals surface area contributed by atoms with Gasteiger partial charge in [-0.3, -0.25) is 0 Å². The lowest BCUT2D eigenvalue weighted by Crippen LogP contribution is -2.52. The Morgan fingerprint density at radius 2 is 1.91 bits per heavy atom. The van der Waals surface area contributed by atoms with Crippen LogP contribution in [0.1, 0.15) is 52.5 Å². The monoisotopic (exact) mass is 494 g/mol. The minimum Gasteiger partial charge on any atom is -0.479 e. The molecule has 0 bridgehead atoms. The number of allylic oxidation sites excluding steroid dienone is 2. The molecule has 0 fully saturated rings. The van der Waals surface area contributed by atoms with Crippen molar-refractivity contribution in [1.82, 2.24) is 4.72 Å². The predicted octanol–water partition coefficient (Wildman–Crippen LogP) is 3.86. The molecule has 8 nitrogen and oxygen atoms in total. The number of nitrogens with one attached hydrogen (secondary N) is 2. The SMILES string of the molecule is CCOC(Cc1ccc(NCCCC2=CCC(NS(C)(=O)=O)(OC(C)(C)C)C=C2)cc1)C(=O)O. The highest BCUT2D eigenvalue weighted by atomic mass is 32.2.